The first-order valence-corrected chi connectivity index (χ1v) is 10.8. The number of anilines is 1. The van der Waals surface area contributed by atoms with Crippen molar-refractivity contribution in [2.45, 2.75) is 44.1 Å². The summed E-state index contributed by atoms with van der Waals surface area (Å²) in [5.74, 6) is 2.56. The Kier molecular flexibility index (Phi) is 5.16. The number of aromatic amines is 1. The zero-order chi connectivity index (χ0) is 19.6. The van der Waals surface area contributed by atoms with Crippen LogP contribution in [0.15, 0.2) is 30.3 Å². The van der Waals surface area contributed by atoms with Crippen LogP contribution in [0.25, 0.3) is 10.9 Å². The molecule has 0 spiro atoms. The summed E-state index contributed by atoms with van der Waals surface area (Å²) in [5.41, 5.74) is 9.63. The van der Waals surface area contributed by atoms with E-state index >= 15 is 0 Å². The maximum Gasteiger partial charge on any atom is 0.145 e. The molecule has 29 heavy (non-hydrogen) atoms. The van der Waals surface area contributed by atoms with Crippen LogP contribution < -0.4 is 11.1 Å². The lowest BCUT2D eigenvalue weighted by atomic mass is 9.90. The van der Waals surface area contributed by atoms with Gasteiger partial charge in [-0.25, -0.2) is 9.97 Å². The molecule has 2 saturated heterocycles. The third-order valence-electron chi connectivity index (χ3n) is 6.45. The summed E-state index contributed by atoms with van der Waals surface area (Å²) in [7, 11) is 0. The van der Waals surface area contributed by atoms with Crippen LogP contribution in [-0.2, 0) is 6.54 Å². The van der Waals surface area contributed by atoms with E-state index in [9.17, 15) is 0 Å². The van der Waals surface area contributed by atoms with Crippen molar-refractivity contribution >= 4 is 16.7 Å². The number of H-pyrrole nitrogens is 1. The van der Waals surface area contributed by atoms with E-state index in [1.54, 1.807) is 0 Å². The van der Waals surface area contributed by atoms with E-state index in [1.165, 1.54) is 24.2 Å². The molecule has 152 valence electrons. The molecule has 0 radical (unpaired) electrons. The summed E-state index contributed by atoms with van der Waals surface area (Å²) in [6, 6.07) is 10.3. The van der Waals surface area contributed by atoms with Gasteiger partial charge < -0.3 is 11.1 Å². The average Bonchev–Trinajstić information content (AvgIpc) is 3.25. The molecule has 0 bridgehead atoms. The molecule has 0 saturated carbocycles. The molecule has 7 heteroatoms. The number of nitrogen functional groups attached to an aromatic ring is 1. The predicted molar refractivity (Wildman–Crippen MR) is 115 cm³/mol. The predicted octanol–water partition coefficient (Wildman–Crippen LogP) is 2.78. The number of rotatable bonds is 4. The molecular formula is C22H29N7. The molecule has 3 aromatic rings. The van der Waals surface area contributed by atoms with Gasteiger partial charge in [-0.1, -0.05) is 12.1 Å². The minimum atomic E-state index is 0.566. The summed E-state index contributed by atoms with van der Waals surface area (Å²) in [6.45, 7) is 5.05. The number of para-hydroxylation sites is 1. The number of aromatic nitrogens is 4. The number of benzene rings is 1. The first-order chi connectivity index (χ1) is 14.3. The largest absolute Gasteiger partial charge is 0.383 e. The van der Waals surface area contributed by atoms with Crippen LogP contribution in [0.2, 0.25) is 0 Å². The van der Waals surface area contributed by atoms with Gasteiger partial charge in [-0.05, 0) is 70.1 Å². The maximum absolute atomic E-state index is 6.14. The fourth-order valence-corrected chi connectivity index (χ4v) is 4.71. The molecule has 2 aliphatic rings. The molecule has 0 amide bonds. The number of hydrogen-bond acceptors (Lipinski definition) is 6. The fourth-order valence-electron chi connectivity index (χ4n) is 4.71. The van der Waals surface area contributed by atoms with Crippen molar-refractivity contribution in [3.8, 4) is 0 Å². The molecule has 0 aliphatic carbocycles. The second-order valence-electron chi connectivity index (χ2n) is 8.37. The van der Waals surface area contributed by atoms with E-state index in [2.05, 4.69) is 31.5 Å². The van der Waals surface area contributed by atoms with E-state index in [-0.39, 0.29) is 0 Å². The summed E-state index contributed by atoms with van der Waals surface area (Å²) in [6.07, 6.45) is 4.66. The highest BCUT2D eigenvalue weighted by molar-refractivity contribution is 5.87. The molecule has 2 fully saturated rings. The van der Waals surface area contributed by atoms with Crippen molar-refractivity contribution in [2.75, 3.05) is 31.9 Å². The van der Waals surface area contributed by atoms with Crippen LogP contribution in [0.5, 0.6) is 0 Å². The molecule has 0 atom stereocenters. The standard InChI is InChI=1S/C22H29N7/c23-22-17-3-1-2-4-18(17)25-21(26-22)14-29-11-7-16(8-12-29)20-13-19(27-28-20)15-5-9-24-10-6-15/h1-4,13,15-16,24H,5-12,14H2,(H,27,28)(H2,23,25,26). The Morgan fingerprint density at radius 2 is 1.79 bits per heavy atom. The van der Waals surface area contributed by atoms with Gasteiger partial charge in [-0.2, -0.15) is 5.10 Å². The summed E-state index contributed by atoms with van der Waals surface area (Å²) < 4.78 is 0. The summed E-state index contributed by atoms with van der Waals surface area (Å²) >= 11 is 0. The third-order valence-corrected chi connectivity index (χ3v) is 6.45. The zero-order valence-corrected chi connectivity index (χ0v) is 16.8. The lowest BCUT2D eigenvalue weighted by molar-refractivity contribution is 0.199. The smallest absolute Gasteiger partial charge is 0.145 e. The summed E-state index contributed by atoms with van der Waals surface area (Å²) in [4.78, 5) is 11.7. The molecule has 5 rings (SSSR count). The van der Waals surface area contributed by atoms with E-state index in [0.717, 1.165) is 62.3 Å². The van der Waals surface area contributed by atoms with Crippen molar-refractivity contribution in [1.29, 1.82) is 0 Å². The highest BCUT2D eigenvalue weighted by Gasteiger charge is 2.25. The molecular weight excluding hydrogens is 362 g/mol. The zero-order valence-electron chi connectivity index (χ0n) is 16.8. The lowest BCUT2D eigenvalue weighted by Crippen LogP contribution is -2.33. The maximum atomic E-state index is 6.14. The first-order valence-electron chi connectivity index (χ1n) is 10.8. The van der Waals surface area contributed by atoms with E-state index in [4.69, 9.17) is 10.7 Å². The molecule has 7 nitrogen and oxygen atoms in total. The van der Waals surface area contributed by atoms with Crippen molar-refractivity contribution in [2.24, 2.45) is 0 Å². The van der Waals surface area contributed by atoms with Gasteiger partial charge in [0.05, 0.1) is 17.8 Å². The number of nitrogens with two attached hydrogens (primary N) is 1. The number of hydrogen-bond donors (Lipinski definition) is 3. The van der Waals surface area contributed by atoms with Crippen molar-refractivity contribution in [1.82, 2.24) is 30.4 Å². The number of fused-ring (bicyclic) bond motifs is 1. The number of nitrogens with one attached hydrogen (secondary N) is 2. The Balaban J connectivity index is 1.20. The fraction of sp³-hybridized carbons (Fsp3) is 0.500. The molecule has 2 aromatic heterocycles. The van der Waals surface area contributed by atoms with Crippen LogP contribution in [0.1, 0.15) is 54.7 Å². The minimum absolute atomic E-state index is 0.566. The Labute approximate surface area is 171 Å². The van der Waals surface area contributed by atoms with Crippen LogP contribution in [-0.4, -0.2) is 51.2 Å². The van der Waals surface area contributed by atoms with Crippen LogP contribution in [0.4, 0.5) is 5.82 Å². The van der Waals surface area contributed by atoms with Crippen molar-refractivity contribution < 1.29 is 0 Å². The molecule has 0 unspecified atom stereocenters. The van der Waals surface area contributed by atoms with Crippen LogP contribution in [0.3, 0.4) is 0 Å². The van der Waals surface area contributed by atoms with Gasteiger partial charge in [0.2, 0.25) is 0 Å². The van der Waals surface area contributed by atoms with Gasteiger partial charge >= 0.3 is 0 Å². The number of likely N-dealkylation sites (tertiary alicyclic amines) is 1. The highest BCUT2D eigenvalue weighted by atomic mass is 15.2. The SMILES string of the molecule is Nc1nc(CN2CCC(c3cc(C4CCNCC4)n[nH]3)CC2)nc2ccccc12. The Bertz CT molecular complexity index is 968. The quantitative estimate of drug-likeness (QED) is 0.633. The van der Waals surface area contributed by atoms with Gasteiger partial charge in [-0.3, -0.25) is 10.00 Å². The molecule has 2 aliphatic heterocycles. The first kappa shape index (κ1) is 18.5. The average molecular weight is 392 g/mol. The van der Waals surface area contributed by atoms with Crippen molar-refractivity contribution in [3.05, 3.63) is 47.5 Å². The number of nitrogens with zero attached hydrogens (tertiary/aromatic N) is 4. The van der Waals surface area contributed by atoms with E-state index in [1.807, 2.05) is 24.3 Å². The van der Waals surface area contributed by atoms with Gasteiger partial charge in [0, 0.05) is 22.9 Å². The minimum Gasteiger partial charge on any atom is -0.383 e. The van der Waals surface area contributed by atoms with Gasteiger partial charge in [0.15, 0.2) is 0 Å². The molecule has 1 aromatic carbocycles. The van der Waals surface area contributed by atoms with Gasteiger partial charge in [-0.15, -0.1) is 0 Å². The lowest BCUT2D eigenvalue weighted by Gasteiger charge is -2.30. The Hall–Kier alpha value is -2.51. The topological polar surface area (TPSA) is 95.7 Å². The van der Waals surface area contributed by atoms with Gasteiger partial charge in [0.25, 0.3) is 0 Å². The monoisotopic (exact) mass is 391 g/mol. The van der Waals surface area contributed by atoms with Gasteiger partial charge in [0.1, 0.15) is 11.6 Å². The third kappa shape index (κ3) is 3.97. The normalized spacial score (nSPS) is 19.7. The second-order valence-corrected chi connectivity index (χ2v) is 8.37. The number of piperidine rings is 2. The molecule has 4 heterocycles. The van der Waals surface area contributed by atoms with E-state index < -0.39 is 0 Å². The Morgan fingerprint density at radius 1 is 1.00 bits per heavy atom. The highest BCUT2D eigenvalue weighted by Crippen LogP contribution is 2.31. The van der Waals surface area contributed by atoms with Crippen LogP contribution in [0, 0.1) is 0 Å². The molecule has 4 N–H and O–H groups in total. The summed E-state index contributed by atoms with van der Waals surface area (Å²) in [5, 5.41) is 12.3. The van der Waals surface area contributed by atoms with E-state index in [0.29, 0.717) is 17.7 Å². The Morgan fingerprint density at radius 3 is 2.62 bits per heavy atom. The second kappa shape index (κ2) is 8.08. The van der Waals surface area contributed by atoms with Crippen molar-refractivity contribution in [3.63, 3.8) is 0 Å². The van der Waals surface area contributed by atoms with Crippen LogP contribution >= 0.6 is 0 Å².